The molecule has 0 bridgehead atoms. The highest BCUT2D eigenvalue weighted by atomic mass is 35.5. The van der Waals surface area contributed by atoms with Crippen molar-refractivity contribution in [2.75, 3.05) is 9.80 Å². The third-order valence-corrected chi connectivity index (χ3v) is 7.94. The number of pyridine rings is 2. The molecule has 9 nitrogen and oxygen atoms in total. The van der Waals surface area contributed by atoms with Gasteiger partial charge >= 0.3 is 0 Å². The molecule has 1 aliphatic carbocycles. The number of benzene rings is 1. The normalized spacial score (nSPS) is 18.6. The van der Waals surface area contributed by atoms with Crippen LogP contribution in [0.1, 0.15) is 63.1 Å². The number of carbonyl (C=O) groups excluding carboxylic acids is 3. The molecule has 0 radical (unpaired) electrons. The van der Waals surface area contributed by atoms with E-state index in [4.69, 9.17) is 11.6 Å². The lowest BCUT2D eigenvalue weighted by atomic mass is 9.91. The number of nitriles is 1. The fourth-order valence-electron chi connectivity index (χ4n) is 5.48. The van der Waals surface area contributed by atoms with Gasteiger partial charge in [0, 0.05) is 48.2 Å². The zero-order valence-corrected chi connectivity index (χ0v) is 23.5. The van der Waals surface area contributed by atoms with Crippen molar-refractivity contribution in [2.45, 2.75) is 70.0 Å². The van der Waals surface area contributed by atoms with Crippen LogP contribution in [0.15, 0.2) is 61.1 Å². The number of amides is 3. The molecule has 2 aliphatic rings. The van der Waals surface area contributed by atoms with Gasteiger partial charge in [-0.3, -0.25) is 29.2 Å². The van der Waals surface area contributed by atoms with Crippen molar-refractivity contribution in [1.29, 1.82) is 5.26 Å². The van der Waals surface area contributed by atoms with Crippen molar-refractivity contribution >= 4 is 40.8 Å². The van der Waals surface area contributed by atoms with Crippen molar-refractivity contribution in [1.82, 2.24) is 15.3 Å². The van der Waals surface area contributed by atoms with E-state index in [1.807, 2.05) is 6.07 Å². The van der Waals surface area contributed by atoms with Crippen LogP contribution >= 0.6 is 11.6 Å². The van der Waals surface area contributed by atoms with Crippen LogP contribution < -0.4 is 15.1 Å². The molecule has 1 aromatic carbocycles. The summed E-state index contributed by atoms with van der Waals surface area (Å²) < 4.78 is 42.2. The lowest BCUT2D eigenvalue weighted by molar-refractivity contribution is -0.128. The molecule has 0 spiro atoms. The predicted molar refractivity (Wildman–Crippen MR) is 157 cm³/mol. The minimum Gasteiger partial charge on any atom is -0.351 e. The summed E-state index contributed by atoms with van der Waals surface area (Å²) in [4.78, 5) is 51.9. The lowest BCUT2D eigenvalue weighted by Gasteiger charge is -2.36. The minimum atomic E-state index is -2.83. The summed E-state index contributed by atoms with van der Waals surface area (Å²) >= 11 is 6.54. The van der Waals surface area contributed by atoms with Gasteiger partial charge in [-0.15, -0.1) is 0 Å². The van der Waals surface area contributed by atoms with Crippen LogP contribution in [0.25, 0.3) is 0 Å². The van der Waals surface area contributed by atoms with Gasteiger partial charge < -0.3 is 5.32 Å². The first-order chi connectivity index (χ1) is 20.6. The second-order valence-electron chi connectivity index (χ2n) is 10.5. The van der Waals surface area contributed by atoms with E-state index < -0.39 is 60.4 Å². The SMILES string of the molecule is C.N#Cc1ccnc(N2C(=O)CC[C@H]2C(=O)N(c2cncc(F)c2)[C@H](C(=O)NC2CCC(F)(F)CC2)c2ccccc2Cl)c1. The molecule has 13 heteroatoms. The number of hydrogen-bond donors (Lipinski definition) is 1. The first-order valence-corrected chi connectivity index (χ1v) is 14.0. The monoisotopic (exact) mass is 626 g/mol. The van der Waals surface area contributed by atoms with Crippen molar-refractivity contribution in [3.05, 3.63) is 83.0 Å². The maximum atomic E-state index is 14.5. The highest BCUT2D eigenvalue weighted by Gasteiger charge is 2.45. The maximum Gasteiger partial charge on any atom is 0.251 e. The second-order valence-corrected chi connectivity index (χ2v) is 10.9. The standard InChI is InChI=1S/C30H26ClF3N6O3.CH4/c31-23-4-2-1-3-22(23)27(28(42)38-20-7-10-30(33,34)11-8-20)39(21-14-19(32)16-36-17-21)29(43)24-5-6-26(41)40(24)25-13-18(15-35)9-12-37-25;/h1-4,9,12-14,16-17,20,24,27H,5-8,10-11H2,(H,38,42);1H4/t24-,27-;/m0./s1. The fraction of sp³-hybridized carbons (Fsp3) is 0.355. The molecule has 2 aromatic heterocycles. The Morgan fingerprint density at radius 3 is 2.55 bits per heavy atom. The van der Waals surface area contributed by atoms with E-state index >= 15 is 0 Å². The van der Waals surface area contributed by atoms with Gasteiger partial charge in [0.1, 0.15) is 23.7 Å². The van der Waals surface area contributed by atoms with Crippen LogP contribution in [-0.2, 0) is 14.4 Å². The number of rotatable bonds is 7. The minimum absolute atomic E-state index is 0. The zero-order chi connectivity index (χ0) is 30.7. The Balaban J connectivity index is 0.00000442. The number of halogens is 4. The van der Waals surface area contributed by atoms with Gasteiger partial charge in [0.05, 0.1) is 29.7 Å². The van der Waals surface area contributed by atoms with E-state index in [0.717, 1.165) is 22.1 Å². The lowest BCUT2D eigenvalue weighted by Crippen LogP contribution is -2.53. The average Bonchev–Trinajstić information content (AvgIpc) is 3.38. The molecular formula is C31H30ClF3N6O3. The van der Waals surface area contributed by atoms with E-state index in [2.05, 4.69) is 15.3 Å². The second kappa shape index (κ2) is 13.4. The van der Waals surface area contributed by atoms with Gasteiger partial charge in [0.2, 0.25) is 17.7 Å². The molecule has 1 aliphatic heterocycles. The zero-order valence-electron chi connectivity index (χ0n) is 22.7. The van der Waals surface area contributed by atoms with E-state index in [9.17, 15) is 32.8 Å². The number of nitrogens with zero attached hydrogens (tertiary/aromatic N) is 5. The smallest absolute Gasteiger partial charge is 0.251 e. The Bertz CT molecular complexity index is 1590. The summed E-state index contributed by atoms with van der Waals surface area (Å²) in [7, 11) is 0. The van der Waals surface area contributed by atoms with E-state index in [0.29, 0.717) is 0 Å². The highest BCUT2D eigenvalue weighted by molar-refractivity contribution is 6.31. The first-order valence-electron chi connectivity index (χ1n) is 13.6. The molecule has 3 heterocycles. The van der Waals surface area contributed by atoms with Crippen LogP contribution in [0, 0.1) is 17.1 Å². The first kappa shape index (κ1) is 32.4. The summed E-state index contributed by atoms with van der Waals surface area (Å²) in [6, 6.07) is 8.85. The predicted octanol–water partition coefficient (Wildman–Crippen LogP) is 5.74. The molecule has 2 atom stereocenters. The molecule has 1 saturated carbocycles. The number of hydrogen-bond acceptors (Lipinski definition) is 6. The molecule has 5 rings (SSSR count). The van der Waals surface area contributed by atoms with Gasteiger partial charge in [0.25, 0.3) is 5.91 Å². The summed E-state index contributed by atoms with van der Waals surface area (Å²) in [5.41, 5.74) is 0.327. The molecule has 44 heavy (non-hydrogen) atoms. The third kappa shape index (κ3) is 6.83. The Hall–Kier alpha value is -4.50. The average molecular weight is 627 g/mol. The van der Waals surface area contributed by atoms with Crippen molar-refractivity contribution < 1.29 is 27.6 Å². The summed E-state index contributed by atoms with van der Waals surface area (Å²) in [6.45, 7) is 0. The largest absolute Gasteiger partial charge is 0.351 e. The number of carbonyl (C=O) groups is 3. The van der Waals surface area contributed by atoms with Crippen LogP contribution in [0.4, 0.5) is 24.7 Å². The number of anilines is 2. The van der Waals surface area contributed by atoms with E-state index in [-0.39, 0.29) is 60.8 Å². The van der Waals surface area contributed by atoms with E-state index in [1.165, 1.54) is 36.7 Å². The number of alkyl halides is 2. The number of aromatic nitrogens is 2. The summed E-state index contributed by atoms with van der Waals surface area (Å²) in [6.07, 6.45) is 2.73. The Labute approximate surface area is 257 Å². The van der Waals surface area contributed by atoms with Gasteiger partial charge in [-0.05, 0) is 37.5 Å². The van der Waals surface area contributed by atoms with Gasteiger partial charge in [-0.25, -0.2) is 18.2 Å². The van der Waals surface area contributed by atoms with Gasteiger partial charge in [0.15, 0.2) is 0 Å². The summed E-state index contributed by atoms with van der Waals surface area (Å²) in [5.74, 6) is -5.45. The Kier molecular flexibility index (Phi) is 9.89. The Morgan fingerprint density at radius 2 is 1.86 bits per heavy atom. The number of nitrogens with one attached hydrogen (secondary N) is 1. The maximum absolute atomic E-state index is 14.5. The topological polar surface area (TPSA) is 119 Å². The van der Waals surface area contributed by atoms with Crippen molar-refractivity contribution in [3.63, 3.8) is 0 Å². The van der Waals surface area contributed by atoms with Crippen LogP contribution in [0.5, 0.6) is 0 Å². The Morgan fingerprint density at radius 1 is 1.14 bits per heavy atom. The van der Waals surface area contributed by atoms with Gasteiger partial charge in [-0.1, -0.05) is 37.2 Å². The molecule has 3 aromatic rings. The molecule has 0 unspecified atom stereocenters. The quantitative estimate of drug-likeness (QED) is 0.357. The highest BCUT2D eigenvalue weighted by Crippen LogP contribution is 2.37. The van der Waals surface area contributed by atoms with Crippen LogP contribution in [0.2, 0.25) is 5.02 Å². The van der Waals surface area contributed by atoms with Crippen LogP contribution in [0.3, 0.4) is 0 Å². The van der Waals surface area contributed by atoms with Gasteiger partial charge in [-0.2, -0.15) is 5.26 Å². The van der Waals surface area contributed by atoms with E-state index in [1.54, 1.807) is 12.1 Å². The van der Waals surface area contributed by atoms with Crippen LogP contribution in [-0.4, -0.2) is 45.7 Å². The van der Waals surface area contributed by atoms with Crippen molar-refractivity contribution in [2.24, 2.45) is 0 Å². The molecule has 2 fully saturated rings. The third-order valence-electron chi connectivity index (χ3n) is 7.59. The molecule has 3 amide bonds. The van der Waals surface area contributed by atoms with Crippen molar-refractivity contribution in [3.8, 4) is 6.07 Å². The summed E-state index contributed by atoms with van der Waals surface area (Å²) in [5, 5.41) is 12.3. The molecule has 1 saturated heterocycles. The molecular weight excluding hydrogens is 597 g/mol. The molecule has 230 valence electrons. The molecule has 1 N–H and O–H groups in total. The fourth-order valence-corrected chi connectivity index (χ4v) is 5.72.